The molecular weight excluding hydrogens is 354 g/mol. The second-order valence-corrected chi connectivity index (χ2v) is 8.00. The predicted molar refractivity (Wildman–Crippen MR) is 105 cm³/mol. The van der Waals surface area contributed by atoms with Gasteiger partial charge in [0, 0.05) is 46.3 Å². The van der Waals surface area contributed by atoms with Crippen LogP contribution in [0.3, 0.4) is 0 Å². The molecule has 8 nitrogen and oxygen atoms in total. The van der Waals surface area contributed by atoms with Crippen LogP contribution in [-0.2, 0) is 16.6 Å². The van der Waals surface area contributed by atoms with Gasteiger partial charge in [0.15, 0.2) is 5.96 Å². The van der Waals surface area contributed by atoms with Crippen LogP contribution in [-0.4, -0.2) is 65.2 Å². The van der Waals surface area contributed by atoms with Gasteiger partial charge in [-0.1, -0.05) is 12.1 Å². The van der Waals surface area contributed by atoms with Crippen molar-refractivity contribution in [3.8, 4) is 0 Å². The molecule has 3 N–H and O–H groups in total. The summed E-state index contributed by atoms with van der Waals surface area (Å²) in [6, 6.07) is 7.40. The zero-order valence-electron chi connectivity index (χ0n) is 15.9. The molecule has 0 radical (unpaired) electrons. The van der Waals surface area contributed by atoms with Crippen molar-refractivity contribution in [3.05, 3.63) is 35.4 Å². The number of carbonyl (C=O) groups is 1. The van der Waals surface area contributed by atoms with Crippen molar-refractivity contribution in [1.82, 2.24) is 20.3 Å². The highest BCUT2D eigenvalue weighted by Gasteiger charge is 2.07. The van der Waals surface area contributed by atoms with Gasteiger partial charge in [0.25, 0.3) is 5.91 Å². The van der Waals surface area contributed by atoms with Gasteiger partial charge in [0.2, 0.25) is 10.0 Å². The summed E-state index contributed by atoms with van der Waals surface area (Å²) in [5.74, 6) is 0.695. The highest BCUT2D eigenvalue weighted by Crippen LogP contribution is 2.06. The zero-order valence-corrected chi connectivity index (χ0v) is 16.7. The first kappa shape index (κ1) is 21.9. The number of nitrogens with one attached hydrogen (secondary N) is 3. The summed E-state index contributed by atoms with van der Waals surface area (Å²) in [5, 5.41) is 6.31. The minimum atomic E-state index is -3.14. The lowest BCUT2D eigenvalue weighted by molar-refractivity contribution is 0.0827. The molecular formula is C17H29N5O3S. The van der Waals surface area contributed by atoms with Crippen molar-refractivity contribution in [2.45, 2.75) is 19.9 Å². The van der Waals surface area contributed by atoms with Crippen LogP contribution in [0.5, 0.6) is 0 Å². The number of benzene rings is 1. The fourth-order valence-corrected chi connectivity index (χ4v) is 2.71. The van der Waals surface area contributed by atoms with E-state index in [4.69, 9.17) is 0 Å². The summed E-state index contributed by atoms with van der Waals surface area (Å²) in [7, 11) is 1.98. The van der Waals surface area contributed by atoms with Crippen LogP contribution in [0.2, 0.25) is 0 Å². The molecule has 0 aromatic heterocycles. The Labute approximate surface area is 156 Å². The lowest BCUT2D eigenvalue weighted by Crippen LogP contribution is -2.38. The topological polar surface area (TPSA) is 103 Å². The lowest BCUT2D eigenvalue weighted by Gasteiger charge is -2.13. The van der Waals surface area contributed by atoms with E-state index in [1.54, 1.807) is 45.1 Å². The molecule has 0 saturated heterocycles. The molecule has 0 aliphatic heterocycles. The Hall–Kier alpha value is -2.13. The highest BCUT2D eigenvalue weighted by atomic mass is 32.2. The summed E-state index contributed by atoms with van der Waals surface area (Å²) >= 11 is 0. The Kier molecular flexibility index (Phi) is 9.08. The van der Waals surface area contributed by atoms with Gasteiger partial charge in [-0.15, -0.1) is 0 Å². The van der Waals surface area contributed by atoms with E-state index in [0.29, 0.717) is 37.6 Å². The third-order valence-corrected chi connectivity index (χ3v) is 5.04. The molecule has 0 fully saturated rings. The monoisotopic (exact) mass is 383 g/mol. The molecule has 1 rings (SSSR count). The van der Waals surface area contributed by atoms with Gasteiger partial charge in [-0.2, -0.15) is 0 Å². The number of guanidine groups is 1. The first-order chi connectivity index (χ1) is 12.3. The number of hydrogen-bond donors (Lipinski definition) is 3. The highest BCUT2D eigenvalue weighted by molar-refractivity contribution is 7.89. The second-order valence-electron chi connectivity index (χ2n) is 5.90. The number of rotatable bonds is 9. The van der Waals surface area contributed by atoms with Gasteiger partial charge in [-0.25, -0.2) is 13.1 Å². The summed E-state index contributed by atoms with van der Waals surface area (Å²) in [6.45, 7) is 3.16. The van der Waals surface area contributed by atoms with Crippen LogP contribution in [0, 0.1) is 0 Å². The van der Waals surface area contributed by atoms with Crippen molar-refractivity contribution in [2.24, 2.45) is 4.99 Å². The number of sulfonamides is 1. The number of hydrogen-bond acceptors (Lipinski definition) is 4. The van der Waals surface area contributed by atoms with E-state index >= 15 is 0 Å². The standard InChI is InChI=1S/C17H29N5O3S/c1-5-26(24,25)21-12-6-11-19-17(18-2)20-13-14-7-9-15(10-8-14)16(23)22(3)4/h7-10,21H,5-6,11-13H2,1-4H3,(H2,18,19,20). The minimum absolute atomic E-state index is 0.0271. The van der Waals surface area contributed by atoms with E-state index in [2.05, 4.69) is 20.3 Å². The fourth-order valence-electron chi connectivity index (χ4n) is 2.05. The van der Waals surface area contributed by atoms with Gasteiger partial charge in [0.1, 0.15) is 0 Å². The van der Waals surface area contributed by atoms with Crippen LogP contribution in [0.15, 0.2) is 29.3 Å². The molecule has 1 aromatic carbocycles. The molecule has 26 heavy (non-hydrogen) atoms. The Morgan fingerprint density at radius 1 is 1.12 bits per heavy atom. The van der Waals surface area contributed by atoms with Crippen molar-refractivity contribution >= 4 is 21.9 Å². The minimum Gasteiger partial charge on any atom is -0.356 e. The van der Waals surface area contributed by atoms with E-state index in [9.17, 15) is 13.2 Å². The average molecular weight is 384 g/mol. The smallest absolute Gasteiger partial charge is 0.253 e. The molecule has 0 aliphatic carbocycles. The van der Waals surface area contributed by atoms with Crippen molar-refractivity contribution in [2.75, 3.05) is 40.0 Å². The molecule has 0 bridgehead atoms. The molecule has 0 heterocycles. The second kappa shape index (κ2) is 10.8. The van der Waals surface area contributed by atoms with Crippen molar-refractivity contribution < 1.29 is 13.2 Å². The maximum absolute atomic E-state index is 11.9. The van der Waals surface area contributed by atoms with Crippen molar-refractivity contribution in [3.63, 3.8) is 0 Å². The molecule has 0 unspecified atom stereocenters. The summed E-state index contributed by atoms with van der Waals surface area (Å²) in [5.41, 5.74) is 1.68. The van der Waals surface area contributed by atoms with E-state index in [0.717, 1.165) is 5.56 Å². The number of aliphatic imine (C=N–C) groups is 1. The molecule has 0 spiro atoms. The zero-order chi connectivity index (χ0) is 19.6. The largest absolute Gasteiger partial charge is 0.356 e. The third kappa shape index (κ3) is 7.83. The summed E-state index contributed by atoms with van der Waals surface area (Å²) < 4.78 is 25.2. The quantitative estimate of drug-likeness (QED) is 0.325. The lowest BCUT2D eigenvalue weighted by atomic mass is 10.1. The van der Waals surface area contributed by atoms with E-state index in [1.165, 1.54) is 0 Å². The van der Waals surface area contributed by atoms with Crippen molar-refractivity contribution in [1.29, 1.82) is 0 Å². The van der Waals surface area contributed by atoms with Gasteiger partial charge in [-0.05, 0) is 31.0 Å². The number of carbonyl (C=O) groups excluding carboxylic acids is 1. The Morgan fingerprint density at radius 3 is 2.31 bits per heavy atom. The van der Waals surface area contributed by atoms with Crippen LogP contribution in [0.1, 0.15) is 29.3 Å². The average Bonchev–Trinajstić information content (AvgIpc) is 2.63. The third-order valence-electron chi connectivity index (χ3n) is 3.64. The van der Waals surface area contributed by atoms with Crippen LogP contribution < -0.4 is 15.4 Å². The number of nitrogens with zero attached hydrogens (tertiary/aromatic N) is 2. The number of amides is 1. The molecule has 1 aromatic rings. The maximum Gasteiger partial charge on any atom is 0.253 e. The van der Waals surface area contributed by atoms with E-state index in [1.807, 2.05) is 12.1 Å². The SMILES string of the molecule is CCS(=O)(=O)NCCCNC(=NC)NCc1ccc(C(=O)N(C)C)cc1. The molecule has 0 aliphatic rings. The predicted octanol–water partition coefficient (Wildman–Crippen LogP) is 0.383. The Bertz CT molecular complexity index is 700. The Morgan fingerprint density at radius 2 is 1.77 bits per heavy atom. The van der Waals surface area contributed by atoms with Crippen LogP contribution in [0.4, 0.5) is 0 Å². The molecule has 146 valence electrons. The van der Waals surface area contributed by atoms with Gasteiger partial charge in [-0.3, -0.25) is 9.79 Å². The molecule has 0 atom stereocenters. The fraction of sp³-hybridized carbons (Fsp3) is 0.529. The maximum atomic E-state index is 11.9. The molecule has 0 saturated carbocycles. The Balaban J connectivity index is 2.37. The molecule has 1 amide bonds. The summed E-state index contributed by atoms with van der Waals surface area (Å²) in [6.07, 6.45) is 0.654. The first-order valence-corrected chi connectivity index (χ1v) is 10.2. The van der Waals surface area contributed by atoms with Gasteiger partial charge in [0.05, 0.1) is 5.75 Å². The van der Waals surface area contributed by atoms with Gasteiger partial charge >= 0.3 is 0 Å². The first-order valence-electron chi connectivity index (χ1n) is 8.51. The van der Waals surface area contributed by atoms with Gasteiger partial charge < -0.3 is 15.5 Å². The summed E-state index contributed by atoms with van der Waals surface area (Å²) in [4.78, 5) is 17.5. The van der Waals surface area contributed by atoms with E-state index in [-0.39, 0.29) is 11.7 Å². The van der Waals surface area contributed by atoms with Crippen LogP contribution >= 0.6 is 0 Å². The normalized spacial score (nSPS) is 11.9. The van der Waals surface area contributed by atoms with E-state index < -0.39 is 10.0 Å². The van der Waals surface area contributed by atoms with Crippen LogP contribution in [0.25, 0.3) is 0 Å². The molecule has 9 heteroatoms.